The number of rotatable bonds is 5. The summed E-state index contributed by atoms with van der Waals surface area (Å²) in [5.74, 6) is 0.299. The van der Waals surface area contributed by atoms with Crippen molar-refractivity contribution in [3.8, 4) is 28.6 Å². The van der Waals surface area contributed by atoms with Crippen LogP contribution in [-0.4, -0.2) is 20.2 Å². The predicted octanol–water partition coefficient (Wildman–Crippen LogP) is 5.62. The minimum Gasteiger partial charge on any atom is -0.493 e. The molecule has 0 spiro atoms. The molecule has 168 valence electrons. The van der Waals surface area contributed by atoms with Gasteiger partial charge in [0.1, 0.15) is 5.58 Å². The van der Waals surface area contributed by atoms with Crippen molar-refractivity contribution in [3.63, 3.8) is 0 Å². The second-order valence-electron chi connectivity index (χ2n) is 7.87. The molecule has 0 amide bonds. The van der Waals surface area contributed by atoms with Crippen LogP contribution in [0.4, 0.5) is 0 Å². The maximum absolute atomic E-state index is 13.6. The number of methoxy groups -OCH3 is 2. The first-order valence-electron chi connectivity index (χ1n) is 10.4. The first-order chi connectivity index (χ1) is 15.8. The van der Waals surface area contributed by atoms with Crippen molar-refractivity contribution < 1.29 is 23.4 Å². The van der Waals surface area contributed by atoms with E-state index >= 15 is 0 Å². The summed E-state index contributed by atoms with van der Waals surface area (Å²) in [5.41, 5.74) is 3.45. The first-order valence-corrected chi connectivity index (χ1v) is 10.4. The summed E-state index contributed by atoms with van der Waals surface area (Å²) in [5, 5.41) is 0.372. The SMILES string of the molecule is COc1ccc(-c2oc3cc(C)cc(C)c3c(=O)c2OC(=O)c2cccc(C)c2)cc1OC. The fraction of sp³-hybridized carbons (Fsp3) is 0.185. The lowest BCUT2D eigenvalue weighted by Crippen LogP contribution is -2.17. The molecule has 1 heterocycles. The van der Waals surface area contributed by atoms with Gasteiger partial charge in [0.15, 0.2) is 17.3 Å². The molecule has 6 heteroatoms. The van der Waals surface area contributed by atoms with Crippen LogP contribution in [0.3, 0.4) is 0 Å². The Morgan fingerprint density at radius 2 is 1.61 bits per heavy atom. The zero-order valence-electron chi connectivity index (χ0n) is 19.1. The minimum atomic E-state index is -0.642. The van der Waals surface area contributed by atoms with Crippen molar-refractivity contribution in [2.45, 2.75) is 20.8 Å². The van der Waals surface area contributed by atoms with Gasteiger partial charge in [-0.3, -0.25) is 4.79 Å². The summed E-state index contributed by atoms with van der Waals surface area (Å²) < 4.78 is 22.6. The summed E-state index contributed by atoms with van der Waals surface area (Å²) in [4.78, 5) is 26.5. The van der Waals surface area contributed by atoms with Gasteiger partial charge in [0.2, 0.25) is 11.2 Å². The van der Waals surface area contributed by atoms with Crippen molar-refractivity contribution in [2.75, 3.05) is 14.2 Å². The van der Waals surface area contributed by atoms with Crippen LogP contribution < -0.4 is 19.6 Å². The number of hydrogen-bond donors (Lipinski definition) is 0. The van der Waals surface area contributed by atoms with Gasteiger partial charge in [-0.2, -0.15) is 0 Å². The van der Waals surface area contributed by atoms with E-state index in [-0.39, 0.29) is 11.5 Å². The normalized spacial score (nSPS) is 10.8. The highest BCUT2D eigenvalue weighted by Gasteiger charge is 2.23. The molecule has 0 radical (unpaired) electrons. The lowest BCUT2D eigenvalue weighted by molar-refractivity contribution is 0.0731. The molecule has 0 aliphatic heterocycles. The average Bonchev–Trinajstić information content (AvgIpc) is 2.79. The third-order valence-corrected chi connectivity index (χ3v) is 5.39. The molecule has 0 unspecified atom stereocenters. The lowest BCUT2D eigenvalue weighted by Gasteiger charge is -2.14. The van der Waals surface area contributed by atoms with Gasteiger partial charge in [0.25, 0.3) is 0 Å². The van der Waals surface area contributed by atoms with Crippen molar-refractivity contribution in [1.82, 2.24) is 0 Å². The van der Waals surface area contributed by atoms with Gasteiger partial charge in [-0.1, -0.05) is 23.8 Å². The maximum atomic E-state index is 13.6. The number of benzene rings is 3. The van der Waals surface area contributed by atoms with Crippen LogP contribution in [0.5, 0.6) is 17.2 Å². The number of ether oxygens (including phenoxy) is 3. The van der Waals surface area contributed by atoms with Crippen LogP contribution >= 0.6 is 0 Å². The van der Waals surface area contributed by atoms with Gasteiger partial charge >= 0.3 is 5.97 Å². The fourth-order valence-corrected chi connectivity index (χ4v) is 3.86. The number of carbonyl (C=O) groups excluding carboxylic acids is 1. The maximum Gasteiger partial charge on any atom is 0.343 e. The predicted molar refractivity (Wildman–Crippen MR) is 127 cm³/mol. The highest BCUT2D eigenvalue weighted by Crippen LogP contribution is 2.37. The van der Waals surface area contributed by atoms with Crippen LogP contribution in [0.25, 0.3) is 22.3 Å². The third-order valence-electron chi connectivity index (χ3n) is 5.39. The Morgan fingerprint density at radius 3 is 2.30 bits per heavy atom. The molecule has 0 N–H and O–H groups in total. The molecule has 0 fully saturated rings. The molecule has 0 saturated heterocycles. The molecule has 0 aliphatic rings. The Bertz CT molecular complexity index is 1430. The van der Waals surface area contributed by atoms with Crippen molar-refractivity contribution in [2.24, 2.45) is 0 Å². The van der Waals surface area contributed by atoms with E-state index < -0.39 is 11.4 Å². The van der Waals surface area contributed by atoms with Gasteiger partial charge in [0, 0.05) is 5.56 Å². The second kappa shape index (κ2) is 8.82. The molecule has 0 aliphatic carbocycles. The Morgan fingerprint density at radius 1 is 0.848 bits per heavy atom. The number of carbonyl (C=O) groups is 1. The molecule has 33 heavy (non-hydrogen) atoms. The van der Waals surface area contributed by atoms with Crippen LogP contribution in [-0.2, 0) is 0 Å². The summed E-state index contributed by atoms with van der Waals surface area (Å²) in [7, 11) is 3.05. The smallest absolute Gasteiger partial charge is 0.343 e. The number of esters is 1. The van der Waals surface area contributed by atoms with Crippen LogP contribution in [0, 0.1) is 20.8 Å². The Labute approximate surface area is 191 Å². The topological polar surface area (TPSA) is 75.0 Å². The molecule has 1 aromatic heterocycles. The molecule has 3 aromatic carbocycles. The van der Waals surface area contributed by atoms with E-state index in [9.17, 15) is 9.59 Å². The number of aryl methyl sites for hydroxylation is 3. The van der Waals surface area contributed by atoms with E-state index in [1.807, 2.05) is 32.9 Å². The average molecular weight is 444 g/mol. The van der Waals surface area contributed by atoms with E-state index in [2.05, 4.69) is 0 Å². The lowest BCUT2D eigenvalue weighted by atomic mass is 10.0. The zero-order chi connectivity index (χ0) is 23.7. The highest BCUT2D eigenvalue weighted by atomic mass is 16.5. The molecule has 4 aromatic rings. The van der Waals surface area contributed by atoms with E-state index in [1.54, 1.807) is 42.5 Å². The van der Waals surface area contributed by atoms with Crippen molar-refractivity contribution >= 4 is 16.9 Å². The van der Waals surface area contributed by atoms with E-state index in [1.165, 1.54) is 14.2 Å². The van der Waals surface area contributed by atoms with Gasteiger partial charge in [-0.15, -0.1) is 0 Å². The summed E-state index contributed by atoms with van der Waals surface area (Å²) in [6, 6.07) is 15.8. The molecule has 0 bridgehead atoms. The molecular weight excluding hydrogens is 420 g/mol. The van der Waals surface area contributed by atoms with Gasteiger partial charge in [-0.25, -0.2) is 4.79 Å². The standard InChI is InChI=1S/C27H24O6/c1-15-7-6-8-19(12-15)27(29)33-26-24(28)23-17(3)11-16(2)13-22(23)32-25(26)18-9-10-20(30-4)21(14-18)31-5/h6-14H,1-5H3. The van der Waals surface area contributed by atoms with Gasteiger partial charge in [0.05, 0.1) is 25.2 Å². The van der Waals surface area contributed by atoms with E-state index in [4.69, 9.17) is 18.6 Å². The Hall–Kier alpha value is -4.06. The minimum absolute atomic E-state index is 0.138. The number of hydrogen-bond acceptors (Lipinski definition) is 6. The molecule has 6 nitrogen and oxygen atoms in total. The molecule has 0 saturated carbocycles. The van der Waals surface area contributed by atoms with Gasteiger partial charge in [-0.05, 0) is 68.3 Å². The van der Waals surface area contributed by atoms with Crippen molar-refractivity contribution in [1.29, 1.82) is 0 Å². The van der Waals surface area contributed by atoms with E-state index in [0.29, 0.717) is 33.6 Å². The number of fused-ring (bicyclic) bond motifs is 1. The second-order valence-corrected chi connectivity index (χ2v) is 7.87. The Balaban J connectivity index is 1.96. The van der Waals surface area contributed by atoms with Crippen molar-refractivity contribution in [3.05, 3.63) is 87.1 Å². The van der Waals surface area contributed by atoms with Crippen LogP contribution in [0.15, 0.2) is 63.8 Å². The monoisotopic (exact) mass is 444 g/mol. The first kappa shape index (κ1) is 22.1. The summed E-state index contributed by atoms with van der Waals surface area (Å²) in [6.07, 6.45) is 0. The fourth-order valence-electron chi connectivity index (χ4n) is 3.86. The molecular formula is C27H24O6. The van der Waals surface area contributed by atoms with Crippen LogP contribution in [0.1, 0.15) is 27.0 Å². The molecule has 4 rings (SSSR count). The quantitative estimate of drug-likeness (QED) is 0.372. The molecule has 0 atom stereocenters. The Kier molecular flexibility index (Phi) is 5.92. The summed E-state index contributed by atoms with van der Waals surface area (Å²) in [6.45, 7) is 5.63. The summed E-state index contributed by atoms with van der Waals surface area (Å²) >= 11 is 0. The third kappa shape index (κ3) is 4.20. The highest BCUT2D eigenvalue weighted by molar-refractivity contribution is 5.93. The van der Waals surface area contributed by atoms with Crippen LogP contribution in [0.2, 0.25) is 0 Å². The zero-order valence-corrected chi connectivity index (χ0v) is 19.1. The van der Waals surface area contributed by atoms with Gasteiger partial charge < -0.3 is 18.6 Å². The largest absolute Gasteiger partial charge is 0.493 e. The van der Waals surface area contributed by atoms with E-state index in [0.717, 1.165) is 16.7 Å².